The minimum absolute atomic E-state index is 0.0425. The first-order valence-electron chi connectivity index (χ1n) is 7.75. The lowest BCUT2D eigenvalue weighted by atomic mass is 10.1. The van der Waals surface area contributed by atoms with E-state index in [-0.39, 0.29) is 11.6 Å². The predicted molar refractivity (Wildman–Crippen MR) is 90.4 cm³/mol. The van der Waals surface area contributed by atoms with Gasteiger partial charge in [0.15, 0.2) is 6.10 Å². The number of nitrogens with zero attached hydrogens (tertiary/aromatic N) is 3. The van der Waals surface area contributed by atoms with Crippen LogP contribution in [0.5, 0.6) is 5.75 Å². The smallest absolute Gasteiger partial charge is 0.271 e. The second kappa shape index (κ2) is 6.61. The Morgan fingerprint density at radius 3 is 2.68 bits per heavy atom. The Morgan fingerprint density at radius 1 is 1.32 bits per heavy atom. The molecule has 7 heteroatoms. The molecule has 0 radical (unpaired) electrons. The van der Waals surface area contributed by atoms with Crippen molar-refractivity contribution in [2.24, 2.45) is 0 Å². The molecule has 0 spiro atoms. The highest BCUT2D eigenvalue weighted by Gasteiger charge is 2.30. The van der Waals surface area contributed by atoms with Crippen LogP contribution in [-0.2, 0) is 11.2 Å². The number of hydrogen-bond donors (Lipinski definition) is 0. The maximum absolute atomic E-state index is 12.7. The topological polar surface area (TPSA) is 96.5 Å². The molecule has 0 fully saturated rings. The Kier molecular flexibility index (Phi) is 4.35. The van der Waals surface area contributed by atoms with Crippen molar-refractivity contribution in [2.75, 3.05) is 11.4 Å². The number of nitro benzene ring substituents is 1. The Morgan fingerprint density at radius 2 is 2.04 bits per heavy atom. The van der Waals surface area contributed by atoms with E-state index in [9.17, 15) is 14.9 Å². The van der Waals surface area contributed by atoms with E-state index < -0.39 is 11.0 Å². The van der Waals surface area contributed by atoms with Gasteiger partial charge in [0.2, 0.25) is 0 Å². The average Bonchev–Trinajstić information content (AvgIpc) is 3.04. The third-order valence-corrected chi connectivity index (χ3v) is 4.09. The molecule has 1 unspecified atom stereocenters. The van der Waals surface area contributed by atoms with Gasteiger partial charge in [-0.3, -0.25) is 14.9 Å². The highest BCUT2D eigenvalue weighted by Crippen LogP contribution is 2.32. The zero-order valence-corrected chi connectivity index (χ0v) is 13.5. The molecule has 3 rings (SSSR count). The summed E-state index contributed by atoms with van der Waals surface area (Å²) < 4.78 is 5.65. The Hall–Kier alpha value is -3.40. The molecule has 2 aromatic carbocycles. The van der Waals surface area contributed by atoms with Crippen molar-refractivity contribution >= 4 is 17.3 Å². The summed E-state index contributed by atoms with van der Waals surface area (Å²) >= 11 is 0. The van der Waals surface area contributed by atoms with E-state index in [1.54, 1.807) is 37.3 Å². The molecule has 7 nitrogen and oxygen atoms in total. The van der Waals surface area contributed by atoms with Crippen LogP contribution in [0, 0.1) is 21.4 Å². The fraction of sp³-hybridized carbons (Fsp3) is 0.222. The van der Waals surface area contributed by atoms with Gasteiger partial charge in [-0.2, -0.15) is 5.26 Å². The van der Waals surface area contributed by atoms with Gasteiger partial charge in [0.1, 0.15) is 5.75 Å². The number of fused-ring (bicyclic) bond motifs is 1. The van der Waals surface area contributed by atoms with Crippen LogP contribution in [0.4, 0.5) is 11.4 Å². The molecular weight excluding hydrogens is 322 g/mol. The van der Waals surface area contributed by atoms with Crippen molar-refractivity contribution in [1.82, 2.24) is 0 Å². The number of nitriles is 1. The van der Waals surface area contributed by atoms with E-state index in [1.807, 2.05) is 6.07 Å². The molecule has 1 heterocycles. The third-order valence-electron chi connectivity index (χ3n) is 4.09. The van der Waals surface area contributed by atoms with Crippen LogP contribution in [0.15, 0.2) is 42.5 Å². The van der Waals surface area contributed by atoms with Crippen molar-refractivity contribution < 1.29 is 14.5 Å². The number of carbonyl (C=O) groups excluding carboxylic acids is 1. The van der Waals surface area contributed by atoms with Gasteiger partial charge in [-0.05, 0) is 43.2 Å². The molecule has 0 N–H and O–H groups in total. The molecule has 2 aromatic rings. The van der Waals surface area contributed by atoms with E-state index in [2.05, 4.69) is 0 Å². The molecule has 0 aromatic heterocycles. The number of hydrogen-bond acceptors (Lipinski definition) is 5. The Labute approximate surface area is 144 Å². The van der Waals surface area contributed by atoms with Crippen molar-refractivity contribution in [2.45, 2.75) is 19.4 Å². The van der Waals surface area contributed by atoms with Crippen molar-refractivity contribution in [1.29, 1.82) is 5.26 Å². The predicted octanol–water partition coefficient (Wildman–Crippen LogP) is 2.82. The summed E-state index contributed by atoms with van der Waals surface area (Å²) in [5, 5.41) is 19.8. The monoisotopic (exact) mass is 337 g/mol. The van der Waals surface area contributed by atoms with Gasteiger partial charge >= 0.3 is 0 Å². The second-order valence-electron chi connectivity index (χ2n) is 5.71. The first-order chi connectivity index (χ1) is 12.0. The minimum atomic E-state index is -0.752. The van der Waals surface area contributed by atoms with Crippen LogP contribution >= 0.6 is 0 Å². The molecule has 0 saturated heterocycles. The molecule has 1 atom stereocenters. The molecular formula is C18H15N3O4. The van der Waals surface area contributed by atoms with Crippen LogP contribution in [0.25, 0.3) is 0 Å². The first kappa shape index (κ1) is 16.5. The van der Waals surface area contributed by atoms with Crippen LogP contribution in [0.2, 0.25) is 0 Å². The lowest BCUT2D eigenvalue weighted by Crippen LogP contribution is -2.39. The number of carbonyl (C=O) groups is 1. The lowest BCUT2D eigenvalue weighted by Gasteiger charge is -2.22. The maximum Gasteiger partial charge on any atom is 0.271 e. The van der Waals surface area contributed by atoms with E-state index in [0.29, 0.717) is 30.0 Å². The van der Waals surface area contributed by atoms with Gasteiger partial charge in [0.05, 0.1) is 22.2 Å². The molecule has 0 aliphatic carbocycles. The average molecular weight is 337 g/mol. The maximum atomic E-state index is 12.7. The summed E-state index contributed by atoms with van der Waals surface area (Å²) in [4.78, 5) is 24.7. The molecule has 1 aliphatic heterocycles. The van der Waals surface area contributed by atoms with Gasteiger partial charge in [0.25, 0.3) is 11.6 Å². The molecule has 0 saturated carbocycles. The van der Waals surface area contributed by atoms with Crippen molar-refractivity contribution in [3.63, 3.8) is 0 Å². The molecule has 126 valence electrons. The first-order valence-corrected chi connectivity index (χ1v) is 7.75. The summed E-state index contributed by atoms with van der Waals surface area (Å²) in [6.07, 6.45) is -0.0963. The molecule has 1 amide bonds. The van der Waals surface area contributed by atoms with Crippen LogP contribution in [-0.4, -0.2) is 23.5 Å². The number of anilines is 1. The number of benzene rings is 2. The summed E-state index contributed by atoms with van der Waals surface area (Å²) in [5.41, 5.74) is 1.94. The van der Waals surface area contributed by atoms with Crippen molar-refractivity contribution in [3.8, 4) is 11.8 Å². The Bertz CT molecular complexity index is 871. The van der Waals surface area contributed by atoms with E-state index >= 15 is 0 Å². The number of nitro groups is 1. The van der Waals surface area contributed by atoms with Gasteiger partial charge in [-0.25, -0.2) is 0 Å². The van der Waals surface area contributed by atoms with Crippen LogP contribution in [0.1, 0.15) is 18.1 Å². The summed E-state index contributed by atoms with van der Waals surface area (Å²) in [6, 6.07) is 13.1. The minimum Gasteiger partial charge on any atom is -0.481 e. The van der Waals surface area contributed by atoms with E-state index in [1.165, 1.54) is 17.0 Å². The van der Waals surface area contributed by atoms with E-state index in [0.717, 1.165) is 5.56 Å². The SMILES string of the molecule is CC(Oc1ccc(C#N)cc1)C(=O)N1CCc2ccc([N+](=O)[O-])cc21. The third kappa shape index (κ3) is 3.28. The van der Waals surface area contributed by atoms with Crippen LogP contribution in [0.3, 0.4) is 0 Å². The van der Waals surface area contributed by atoms with Gasteiger partial charge in [-0.1, -0.05) is 6.07 Å². The Balaban J connectivity index is 1.76. The summed E-state index contributed by atoms with van der Waals surface area (Å²) in [6.45, 7) is 2.10. The summed E-state index contributed by atoms with van der Waals surface area (Å²) in [7, 11) is 0. The number of rotatable bonds is 4. The second-order valence-corrected chi connectivity index (χ2v) is 5.71. The quantitative estimate of drug-likeness (QED) is 0.631. The van der Waals surface area contributed by atoms with Crippen LogP contribution < -0.4 is 9.64 Å². The normalized spacial score (nSPS) is 13.7. The van der Waals surface area contributed by atoms with E-state index in [4.69, 9.17) is 10.00 Å². The lowest BCUT2D eigenvalue weighted by molar-refractivity contribution is -0.384. The zero-order valence-electron chi connectivity index (χ0n) is 13.5. The van der Waals surface area contributed by atoms with Gasteiger partial charge in [0, 0.05) is 18.7 Å². The molecule has 25 heavy (non-hydrogen) atoms. The number of ether oxygens (including phenoxy) is 1. The summed E-state index contributed by atoms with van der Waals surface area (Å²) in [5.74, 6) is 0.224. The van der Waals surface area contributed by atoms with Gasteiger partial charge in [-0.15, -0.1) is 0 Å². The highest BCUT2D eigenvalue weighted by molar-refractivity contribution is 5.98. The fourth-order valence-corrected chi connectivity index (χ4v) is 2.79. The van der Waals surface area contributed by atoms with Gasteiger partial charge < -0.3 is 9.64 Å². The fourth-order valence-electron chi connectivity index (χ4n) is 2.79. The highest BCUT2D eigenvalue weighted by atomic mass is 16.6. The molecule has 1 aliphatic rings. The number of amides is 1. The largest absolute Gasteiger partial charge is 0.481 e. The van der Waals surface area contributed by atoms with Crippen molar-refractivity contribution in [3.05, 3.63) is 63.7 Å². The standard InChI is InChI=1S/C18H15N3O4/c1-12(25-16-6-2-13(11-19)3-7-16)18(22)20-9-8-14-4-5-15(21(23)24)10-17(14)20/h2-7,10,12H,8-9H2,1H3. The number of non-ortho nitro benzene ring substituents is 1. The molecule has 0 bridgehead atoms. The zero-order chi connectivity index (χ0) is 18.0.